The summed E-state index contributed by atoms with van der Waals surface area (Å²) < 4.78 is 35.2. The van der Waals surface area contributed by atoms with E-state index >= 15 is 0 Å². The second-order valence-electron chi connectivity index (χ2n) is 4.59. The van der Waals surface area contributed by atoms with E-state index in [0.717, 1.165) is 0 Å². The standard InChI is InChI=1S/C10H15F2NO4/c11-10(12)3-7(17-8(10)14)4-13-5-9(15)1-2-16-6-9/h7,13,15H,1-6H2. The molecule has 0 radical (unpaired) electrons. The predicted molar refractivity (Wildman–Crippen MR) is 52.7 cm³/mol. The van der Waals surface area contributed by atoms with Crippen LogP contribution in [0.1, 0.15) is 12.8 Å². The van der Waals surface area contributed by atoms with E-state index in [1.807, 2.05) is 0 Å². The van der Waals surface area contributed by atoms with Gasteiger partial charge in [-0.2, -0.15) is 8.78 Å². The lowest BCUT2D eigenvalue weighted by Gasteiger charge is -2.21. The summed E-state index contributed by atoms with van der Waals surface area (Å²) in [7, 11) is 0. The predicted octanol–water partition coefficient (Wildman–Crippen LogP) is -0.322. The number of cyclic esters (lactones) is 1. The fraction of sp³-hybridized carbons (Fsp3) is 0.900. The molecule has 0 aromatic carbocycles. The van der Waals surface area contributed by atoms with Crippen molar-refractivity contribution in [1.29, 1.82) is 0 Å². The van der Waals surface area contributed by atoms with Gasteiger partial charge in [-0.1, -0.05) is 0 Å². The molecule has 0 aliphatic carbocycles. The first-order chi connectivity index (χ1) is 7.91. The summed E-state index contributed by atoms with van der Waals surface area (Å²) in [6.07, 6.45) is -0.919. The Labute approximate surface area is 97.1 Å². The molecule has 2 saturated heterocycles. The van der Waals surface area contributed by atoms with Crippen molar-refractivity contribution in [3.8, 4) is 0 Å². The van der Waals surface area contributed by atoms with Crippen molar-refractivity contribution in [3.05, 3.63) is 0 Å². The van der Waals surface area contributed by atoms with Gasteiger partial charge in [0.1, 0.15) is 11.7 Å². The molecule has 0 saturated carbocycles. The highest BCUT2D eigenvalue weighted by Crippen LogP contribution is 2.30. The van der Waals surface area contributed by atoms with Gasteiger partial charge in [0.25, 0.3) is 0 Å². The molecule has 2 atom stereocenters. The van der Waals surface area contributed by atoms with Crippen LogP contribution in [0.4, 0.5) is 8.78 Å². The molecule has 7 heteroatoms. The maximum absolute atomic E-state index is 12.8. The molecule has 0 aromatic heterocycles. The highest BCUT2D eigenvalue weighted by molar-refractivity contribution is 5.79. The molecule has 0 aromatic rings. The lowest BCUT2D eigenvalue weighted by molar-refractivity contribution is -0.159. The van der Waals surface area contributed by atoms with E-state index < -0.39 is 30.0 Å². The molecule has 98 valence electrons. The third-order valence-corrected chi connectivity index (χ3v) is 2.96. The van der Waals surface area contributed by atoms with E-state index in [1.54, 1.807) is 0 Å². The van der Waals surface area contributed by atoms with Gasteiger partial charge in [-0.05, 0) is 0 Å². The minimum atomic E-state index is -3.38. The molecular formula is C10H15F2NO4. The molecule has 17 heavy (non-hydrogen) atoms. The van der Waals surface area contributed by atoms with Crippen molar-refractivity contribution in [3.63, 3.8) is 0 Å². The van der Waals surface area contributed by atoms with Crippen molar-refractivity contribution in [2.75, 3.05) is 26.3 Å². The van der Waals surface area contributed by atoms with Gasteiger partial charge in [0.2, 0.25) is 0 Å². The second kappa shape index (κ2) is 4.47. The van der Waals surface area contributed by atoms with Crippen molar-refractivity contribution in [1.82, 2.24) is 5.32 Å². The van der Waals surface area contributed by atoms with Crippen LogP contribution in [0.25, 0.3) is 0 Å². The number of hydrogen-bond donors (Lipinski definition) is 2. The number of nitrogens with one attached hydrogen (secondary N) is 1. The average Bonchev–Trinajstić information content (AvgIpc) is 2.73. The van der Waals surface area contributed by atoms with E-state index in [-0.39, 0.29) is 19.7 Å². The molecule has 2 heterocycles. The Balaban J connectivity index is 1.71. The number of esters is 1. The summed E-state index contributed by atoms with van der Waals surface area (Å²) in [5.74, 6) is -4.84. The number of aliphatic hydroxyl groups is 1. The highest BCUT2D eigenvalue weighted by atomic mass is 19.3. The summed E-state index contributed by atoms with van der Waals surface area (Å²) in [6.45, 7) is 1.09. The number of halogens is 2. The first-order valence-corrected chi connectivity index (χ1v) is 5.51. The molecule has 2 N–H and O–H groups in total. The van der Waals surface area contributed by atoms with Crippen LogP contribution in [0.2, 0.25) is 0 Å². The van der Waals surface area contributed by atoms with Crippen LogP contribution >= 0.6 is 0 Å². The zero-order valence-electron chi connectivity index (χ0n) is 9.25. The monoisotopic (exact) mass is 251 g/mol. The van der Waals surface area contributed by atoms with E-state index in [4.69, 9.17) is 4.74 Å². The quantitative estimate of drug-likeness (QED) is 0.670. The van der Waals surface area contributed by atoms with E-state index in [0.29, 0.717) is 13.0 Å². The Morgan fingerprint density at radius 1 is 1.53 bits per heavy atom. The molecule has 0 amide bonds. The van der Waals surface area contributed by atoms with Gasteiger partial charge in [-0.25, -0.2) is 4.79 Å². The summed E-state index contributed by atoms with van der Waals surface area (Å²) in [5, 5.41) is 12.7. The number of carbonyl (C=O) groups excluding carboxylic acids is 1. The number of ether oxygens (including phenoxy) is 2. The van der Waals surface area contributed by atoms with Crippen LogP contribution < -0.4 is 5.32 Å². The first-order valence-electron chi connectivity index (χ1n) is 5.51. The van der Waals surface area contributed by atoms with Crippen molar-refractivity contribution in [2.45, 2.75) is 30.5 Å². The van der Waals surface area contributed by atoms with E-state index in [1.165, 1.54) is 0 Å². The normalized spacial score (nSPS) is 36.2. The summed E-state index contributed by atoms with van der Waals surface area (Å²) >= 11 is 0. The van der Waals surface area contributed by atoms with E-state index in [9.17, 15) is 18.7 Å². The highest BCUT2D eigenvalue weighted by Gasteiger charge is 2.50. The molecule has 2 fully saturated rings. The minimum absolute atomic E-state index is 0.115. The van der Waals surface area contributed by atoms with Crippen molar-refractivity contribution < 1.29 is 28.2 Å². The van der Waals surface area contributed by atoms with Gasteiger partial charge in [-0.3, -0.25) is 0 Å². The Morgan fingerprint density at radius 3 is 2.82 bits per heavy atom. The Kier molecular flexibility index (Phi) is 3.33. The van der Waals surface area contributed by atoms with Crippen LogP contribution in [-0.2, 0) is 14.3 Å². The van der Waals surface area contributed by atoms with Crippen molar-refractivity contribution in [2.24, 2.45) is 0 Å². The van der Waals surface area contributed by atoms with Crippen LogP contribution in [0.3, 0.4) is 0 Å². The number of alkyl halides is 2. The summed E-state index contributed by atoms with van der Waals surface area (Å²) in [5.41, 5.74) is -0.939. The van der Waals surface area contributed by atoms with Gasteiger partial charge >= 0.3 is 11.9 Å². The van der Waals surface area contributed by atoms with Crippen LogP contribution in [-0.4, -0.2) is 55.0 Å². The lowest BCUT2D eigenvalue weighted by atomic mass is 10.0. The first kappa shape index (κ1) is 12.7. The fourth-order valence-electron chi connectivity index (χ4n) is 1.96. The van der Waals surface area contributed by atoms with Gasteiger partial charge in [0.15, 0.2) is 0 Å². The van der Waals surface area contributed by atoms with E-state index in [2.05, 4.69) is 10.1 Å². The largest absolute Gasteiger partial charge is 0.456 e. The smallest absolute Gasteiger partial charge is 0.377 e. The third kappa shape index (κ3) is 2.91. The summed E-state index contributed by atoms with van der Waals surface area (Å²) in [6, 6.07) is 0. The maximum atomic E-state index is 12.8. The fourth-order valence-corrected chi connectivity index (χ4v) is 1.96. The summed E-state index contributed by atoms with van der Waals surface area (Å²) in [4.78, 5) is 10.7. The average molecular weight is 251 g/mol. The third-order valence-electron chi connectivity index (χ3n) is 2.96. The number of carbonyl (C=O) groups is 1. The van der Waals surface area contributed by atoms with Gasteiger partial charge in [0.05, 0.1) is 13.0 Å². The number of rotatable bonds is 4. The topological polar surface area (TPSA) is 67.8 Å². The Hall–Kier alpha value is -0.790. The molecule has 2 unspecified atom stereocenters. The lowest BCUT2D eigenvalue weighted by Crippen LogP contribution is -2.43. The van der Waals surface area contributed by atoms with Crippen LogP contribution in [0.5, 0.6) is 0 Å². The van der Waals surface area contributed by atoms with Crippen LogP contribution in [0.15, 0.2) is 0 Å². The molecule has 2 aliphatic heterocycles. The molecular weight excluding hydrogens is 236 g/mol. The molecule has 0 bridgehead atoms. The van der Waals surface area contributed by atoms with Gasteiger partial charge < -0.3 is 19.9 Å². The maximum Gasteiger partial charge on any atom is 0.377 e. The second-order valence-corrected chi connectivity index (χ2v) is 4.59. The molecule has 5 nitrogen and oxygen atoms in total. The minimum Gasteiger partial charge on any atom is -0.456 e. The zero-order chi connectivity index (χ0) is 12.5. The Bertz CT molecular complexity index is 305. The zero-order valence-corrected chi connectivity index (χ0v) is 9.25. The van der Waals surface area contributed by atoms with Gasteiger partial charge in [0, 0.05) is 26.1 Å². The molecule has 2 aliphatic rings. The molecule has 2 rings (SSSR count). The van der Waals surface area contributed by atoms with Crippen molar-refractivity contribution >= 4 is 5.97 Å². The molecule has 0 spiro atoms. The van der Waals surface area contributed by atoms with Gasteiger partial charge in [-0.15, -0.1) is 0 Å². The van der Waals surface area contributed by atoms with Crippen LogP contribution in [0, 0.1) is 0 Å². The Morgan fingerprint density at radius 2 is 2.29 bits per heavy atom. The number of hydrogen-bond acceptors (Lipinski definition) is 5. The SMILES string of the molecule is O=C1OC(CNCC2(O)CCOC2)CC1(F)F.